The van der Waals surface area contributed by atoms with Gasteiger partial charge in [0.2, 0.25) is 5.95 Å². The Kier molecular flexibility index (Phi) is 7.43. The van der Waals surface area contributed by atoms with Crippen LogP contribution in [0.15, 0.2) is 54.7 Å². The van der Waals surface area contributed by atoms with E-state index >= 15 is 0 Å². The van der Waals surface area contributed by atoms with Crippen molar-refractivity contribution in [2.75, 3.05) is 10.6 Å². The number of nitrogens with zero attached hydrogens (tertiary/aromatic N) is 3. The van der Waals surface area contributed by atoms with Gasteiger partial charge in [-0.3, -0.25) is 4.79 Å². The zero-order valence-corrected chi connectivity index (χ0v) is 22.1. The van der Waals surface area contributed by atoms with Crippen LogP contribution in [0.3, 0.4) is 0 Å². The van der Waals surface area contributed by atoms with Crippen LogP contribution in [-0.4, -0.2) is 38.1 Å². The molecule has 10 heteroatoms. The van der Waals surface area contributed by atoms with Crippen LogP contribution < -0.4 is 16.0 Å². The summed E-state index contributed by atoms with van der Waals surface area (Å²) in [6.07, 6.45) is 2.67. The van der Waals surface area contributed by atoms with E-state index in [-0.39, 0.29) is 11.9 Å². The molecular weight excluding hydrogens is 499 g/mol. The maximum Gasteiger partial charge on any atom is 0.251 e. The lowest BCUT2D eigenvalue weighted by molar-refractivity contribution is -0.289. The molecule has 0 aliphatic carbocycles. The first-order valence-electron chi connectivity index (χ1n) is 11.6. The highest BCUT2D eigenvalue weighted by atomic mass is 35.5. The SMILES string of the molecule is CC1(C)CC(NC(=O)c2ccc(Nc3ncc(Cl)c(Nc4ccccc4Cl)n3)cc2)CC(C)(C)N1[O]. The highest BCUT2D eigenvalue weighted by molar-refractivity contribution is 6.34. The van der Waals surface area contributed by atoms with E-state index in [1.807, 2.05) is 45.9 Å². The number of hydrogen-bond donors (Lipinski definition) is 3. The topological polar surface area (TPSA) is 102 Å². The molecule has 0 saturated carbocycles. The van der Waals surface area contributed by atoms with E-state index in [4.69, 9.17) is 23.2 Å². The average Bonchev–Trinajstić information content (AvgIpc) is 2.81. The molecule has 0 atom stereocenters. The van der Waals surface area contributed by atoms with Gasteiger partial charge in [-0.1, -0.05) is 35.3 Å². The highest BCUT2D eigenvalue weighted by Gasteiger charge is 2.46. The van der Waals surface area contributed by atoms with Crippen LogP contribution in [0.5, 0.6) is 0 Å². The molecule has 36 heavy (non-hydrogen) atoms. The minimum atomic E-state index is -0.550. The molecule has 4 rings (SSSR count). The van der Waals surface area contributed by atoms with Crippen molar-refractivity contribution in [2.24, 2.45) is 0 Å². The van der Waals surface area contributed by atoms with Gasteiger partial charge in [0.15, 0.2) is 5.82 Å². The van der Waals surface area contributed by atoms with Crippen LogP contribution in [-0.2, 0) is 5.21 Å². The quantitative estimate of drug-likeness (QED) is 0.344. The molecule has 1 aliphatic heterocycles. The third kappa shape index (κ3) is 5.90. The molecule has 1 saturated heterocycles. The van der Waals surface area contributed by atoms with Gasteiger partial charge in [-0.05, 0) is 76.9 Å². The Hall–Kier alpha value is -2.91. The van der Waals surface area contributed by atoms with Crippen molar-refractivity contribution in [1.29, 1.82) is 0 Å². The Bertz CT molecular complexity index is 1230. The Balaban J connectivity index is 1.41. The van der Waals surface area contributed by atoms with E-state index in [1.165, 1.54) is 6.20 Å². The number of para-hydroxylation sites is 1. The van der Waals surface area contributed by atoms with E-state index in [9.17, 15) is 10.0 Å². The minimum absolute atomic E-state index is 0.0861. The van der Waals surface area contributed by atoms with E-state index in [0.29, 0.717) is 51.6 Å². The van der Waals surface area contributed by atoms with E-state index in [1.54, 1.807) is 30.3 Å². The zero-order chi connectivity index (χ0) is 26.1. The van der Waals surface area contributed by atoms with Crippen LogP contribution >= 0.6 is 23.2 Å². The zero-order valence-electron chi connectivity index (χ0n) is 20.6. The van der Waals surface area contributed by atoms with E-state index in [2.05, 4.69) is 25.9 Å². The number of aromatic nitrogens is 2. The van der Waals surface area contributed by atoms with Crippen molar-refractivity contribution in [2.45, 2.75) is 57.7 Å². The van der Waals surface area contributed by atoms with Crippen LogP contribution in [0.4, 0.5) is 23.1 Å². The molecular formula is C26H29Cl2N6O2. The average molecular weight is 528 g/mol. The van der Waals surface area contributed by atoms with Gasteiger partial charge in [-0.2, -0.15) is 4.98 Å². The van der Waals surface area contributed by atoms with Gasteiger partial charge in [0.05, 0.1) is 16.9 Å². The molecule has 0 unspecified atom stereocenters. The smallest absolute Gasteiger partial charge is 0.251 e. The van der Waals surface area contributed by atoms with Gasteiger partial charge in [-0.15, -0.1) is 10.3 Å². The molecule has 1 aliphatic rings. The maximum absolute atomic E-state index is 12.9. The van der Waals surface area contributed by atoms with Crippen molar-refractivity contribution < 1.29 is 10.0 Å². The van der Waals surface area contributed by atoms with E-state index in [0.717, 1.165) is 5.06 Å². The van der Waals surface area contributed by atoms with Crippen molar-refractivity contribution in [3.63, 3.8) is 0 Å². The summed E-state index contributed by atoms with van der Waals surface area (Å²) in [7, 11) is 0. The van der Waals surface area contributed by atoms with Crippen LogP contribution in [0.1, 0.15) is 50.9 Å². The molecule has 3 N–H and O–H groups in total. The lowest BCUT2D eigenvalue weighted by Crippen LogP contribution is -2.62. The second-order valence-electron chi connectivity index (χ2n) is 10.2. The molecule has 2 heterocycles. The second-order valence-corrected chi connectivity index (χ2v) is 11.0. The predicted octanol–water partition coefficient (Wildman–Crippen LogP) is 6.37. The molecule has 1 amide bonds. The number of anilines is 4. The first kappa shape index (κ1) is 26.2. The Morgan fingerprint density at radius 1 is 0.944 bits per heavy atom. The molecule has 1 fully saturated rings. The van der Waals surface area contributed by atoms with Gasteiger partial charge in [0, 0.05) is 28.4 Å². The number of rotatable bonds is 6. The number of hydroxylamine groups is 2. The molecule has 1 radical (unpaired) electrons. The molecule has 0 spiro atoms. The molecule has 8 nitrogen and oxygen atoms in total. The predicted molar refractivity (Wildman–Crippen MR) is 143 cm³/mol. The fraction of sp³-hybridized carbons (Fsp3) is 0.346. The number of hydrogen-bond acceptors (Lipinski definition) is 6. The Morgan fingerprint density at radius 3 is 2.22 bits per heavy atom. The number of carbonyl (C=O) groups excluding carboxylic acids is 1. The lowest BCUT2D eigenvalue weighted by atomic mass is 9.79. The fourth-order valence-corrected chi connectivity index (χ4v) is 4.99. The molecule has 1 aromatic heterocycles. The van der Waals surface area contributed by atoms with Crippen molar-refractivity contribution in [3.8, 4) is 0 Å². The number of carbonyl (C=O) groups is 1. The summed E-state index contributed by atoms with van der Waals surface area (Å²) < 4.78 is 0. The maximum atomic E-state index is 12.9. The minimum Gasteiger partial charge on any atom is -0.349 e. The summed E-state index contributed by atoms with van der Waals surface area (Å²) in [4.78, 5) is 21.6. The van der Waals surface area contributed by atoms with Gasteiger partial charge in [-0.25, -0.2) is 4.98 Å². The highest BCUT2D eigenvalue weighted by Crippen LogP contribution is 2.37. The number of halogens is 2. The first-order valence-corrected chi connectivity index (χ1v) is 12.4. The number of piperidine rings is 1. The molecule has 3 aromatic rings. The fourth-order valence-electron chi connectivity index (χ4n) is 4.67. The summed E-state index contributed by atoms with van der Waals surface area (Å²) >= 11 is 12.5. The summed E-state index contributed by atoms with van der Waals surface area (Å²) in [5.41, 5.74) is 0.809. The molecule has 0 bridgehead atoms. The lowest BCUT2D eigenvalue weighted by Gasteiger charge is -2.50. The van der Waals surface area contributed by atoms with Crippen molar-refractivity contribution >= 4 is 52.3 Å². The number of amides is 1. The standard InChI is InChI=1S/C26H29Cl2N6O2/c1-25(2)13-18(14-26(3,4)34(25)36)30-23(35)16-9-11-17(12-10-16)31-24-29-15-20(28)22(33-24)32-21-8-6-5-7-19(21)27/h5-12,15,18H,13-14H2,1-4H3,(H,30,35)(H2,29,31,32,33). The van der Waals surface area contributed by atoms with Gasteiger partial charge in [0.25, 0.3) is 5.91 Å². The monoisotopic (exact) mass is 527 g/mol. The Labute approximate surface area is 221 Å². The van der Waals surface area contributed by atoms with Gasteiger partial charge >= 0.3 is 0 Å². The summed E-state index contributed by atoms with van der Waals surface area (Å²) in [6, 6.07) is 14.2. The summed E-state index contributed by atoms with van der Waals surface area (Å²) in [5.74, 6) is 0.569. The summed E-state index contributed by atoms with van der Waals surface area (Å²) in [5, 5.41) is 23.9. The Morgan fingerprint density at radius 2 is 1.58 bits per heavy atom. The first-order chi connectivity index (χ1) is 16.9. The van der Waals surface area contributed by atoms with Crippen LogP contribution in [0, 0.1) is 0 Å². The normalized spacial score (nSPS) is 17.4. The van der Waals surface area contributed by atoms with Crippen LogP contribution in [0.25, 0.3) is 0 Å². The second kappa shape index (κ2) is 10.2. The largest absolute Gasteiger partial charge is 0.349 e. The number of benzene rings is 2. The third-order valence-corrected chi connectivity index (χ3v) is 6.81. The third-order valence-electron chi connectivity index (χ3n) is 6.20. The van der Waals surface area contributed by atoms with Crippen molar-refractivity contribution in [1.82, 2.24) is 20.3 Å². The number of nitrogens with one attached hydrogen (secondary N) is 3. The molecule has 2 aromatic carbocycles. The van der Waals surface area contributed by atoms with E-state index < -0.39 is 11.1 Å². The van der Waals surface area contributed by atoms with Crippen molar-refractivity contribution in [3.05, 3.63) is 70.3 Å². The van der Waals surface area contributed by atoms with Gasteiger partial charge < -0.3 is 16.0 Å². The van der Waals surface area contributed by atoms with Crippen LogP contribution in [0.2, 0.25) is 10.0 Å². The molecule has 189 valence electrons. The van der Waals surface area contributed by atoms with Gasteiger partial charge in [0.1, 0.15) is 5.02 Å². The summed E-state index contributed by atoms with van der Waals surface area (Å²) in [6.45, 7) is 7.65.